The number of benzene rings is 1. The summed E-state index contributed by atoms with van der Waals surface area (Å²) in [5.74, 6) is 1.52. The van der Waals surface area contributed by atoms with Gasteiger partial charge in [0, 0.05) is 39.0 Å². The van der Waals surface area contributed by atoms with E-state index in [1.54, 1.807) is 6.92 Å². The van der Waals surface area contributed by atoms with Crippen LogP contribution < -0.4 is 0 Å². The van der Waals surface area contributed by atoms with Crippen molar-refractivity contribution in [3.8, 4) is 0 Å². The maximum Gasteiger partial charge on any atom is 0.225 e. The molecule has 1 fully saturated rings. The summed E-state index contributed by atoms with van der Waals surface area (Å²) >= 11 is 0. The van der Waals surface area contributed by atoms with E-state index in [0.717, 1.165) is 43.7 Å². The van der Waals surface area contributed by atoms with Crippen molar-refractivity contribution >= 4 is 5.91 Å². The van der Waals surface area contributed by atoms with Gasteiger partial charge in [-0.1, -0.05) is 30.3 Å². The quantitative estimate of drug-likeness (QED) is 0.909. The third-order valence-electron chi connectivity index (χ3n) is 5.16. The number of hydrogen-bond acceptors (Lipinski definition) is 3. The highest BCUT2D eigenvalue weighted by atomic mass is 16.3. The predicted octanol–water partition coefficient (Wildman–Crippen LogP) is 2.50. The summed E-state index contributed by atoms with van der Waals surface area (Å²) in [6, 6.07) is 9.42. The van der Waals surface area contributed by atoms with E-state index in [-0.39, 0.29) is 12.3 Å². The van der Waals surface area contributed by atoms with E-state index >= 15 is 0 Å². The molecule has 2 heterocycles. The molecule has 1 aromatic carbocycles. The molecule has 0 bridgehead atoms. The van der Waals surface area contributed by atoms with E-state index in [0.29, 0.717) is 5.92 Å². The lowest BCUT2D eigenvalue weighted by Gasteiger charge is -2.35. The van der Waals surface area contributed by atoms with Gasteiger partial charge in [-0.15, -0.1) is 0 Å². The van der Waals surface area contributed by atoms with Crippen molar-refractivity contribution in [2.24, 2.45) is 13.0 Å². The molecule has 5 nitrogen and oxygen atoms in total. The molecule has 0 radical (unpaired) electrons. The highest BCUT2D eigenvalue weighted by molar-refractivity contribution is 5.77. The molecular weight excluding hydrogens is 314 g/mol. The van der Waals surface area contributed by atoms with Gasteiger partial charge in [0.15, 0.2) is 0 Å². The monoisotopic (exact) mass is 341 g/mol. The van der Waals surface area contributed by atoms with E-state index in [1.807, 2.05) is 59.2 Å². The summed E-state index contributed by atoms with van der Waals surface area (Å²) in [7, 11) is 2.01. The third kappa shape index (κ3) is 4.28. The fourth-order valence-electron chi connectivity index (χ4n) is 3.62. The van der Waals surface area contributed by atoms with Crippen LogP contribution in [0.1, 0.15) is 37.6 Å². The Kier molecular flexibility index (Phi) is 5.23. The summed E-state index contributed by atoms with van der Waals surface area (Å²) in [6.07, 6.45) is 6.91. The fourth-order valence-corrected chi connectivity index (χ4v) is 3.62. The third-order valence-corrected chi connectivity index (χ3v) is 5.16. The largest absolute Gasteiger partial charge is 0.385 e. The molecule has 1 aliphatic heterocycles. The topological polar surface area (TPSA) is 58.4 Å². The van der Waals surface area contributed by atoms with E-state index in [2.05, 4.69) is 4.98 Å². The maximum absolute atomic E-state index is 12.7. The predicted molar refractivity (Wildman–Crippen MR) is 96.8 cm³/mol. The van der Waals surface area contributed by atoms with Crippen molar-refractivity contribution in [3.05, 3.63) is 54.1 Å². The number of nitrogens with zero attached hydrogens (tertiary/aromatic N) is 3. The van der Waals surface area contributed by atoms with Gasteiger partial charge in [0.25, 0.3) is 0 Å². The molecule has 0 saturated carbocycles. The minimum absolute atomic E-state index is 0.0263. The molecular formula is C20H27N3O2. The highest BCUT2D eigenvalue weighted by Crippen LogP contribution is 2.27. The molecule has 2 unspecified atom stereocenters. The first-order chi connectivity index (χ1) is 12.0. The summed E-state index contributed by atoms with van der Waals surface area (Å²) in [5, 5.41) is 10.7. The summed E-state index contributed by atoms with van der Waals surface area (Å²) in [4.78, 5) is 19.1. The second kappa shape index (κ2) is 7.40. The number of rotatable bonds is 5. The molecule has 1 aliphatic rings. The van der Waals surface area contributed by atoms with Gasteiger partial charge in [0.2, 0.25) is 5.91 Å². The van der Waals surface area contributed by atoms with Crippen LogP contribution in [0.25, 0.3) is 0 Å². The van der Waals surface area contributed by atoms with Crippen molar-refractivity contribution in [1.82, 2.24) is 14.5 Å². The van der Waals surface area contributed by atoms with E-state index in [4.69, 9.17) is 0 Å². The molecule has 2 aromatic rings. The number of aliphatic hydroxyl groups is 1. The van der Waals surface area contributed by atoms with Crippen molar-refractivity contribution in [3.63, 3.8) is 0 Å². The first-order valence-electron chi connectivity index (χ1n) is 8.97. The number of amides is 1. The minimum Gasteiger partial charge on any atom is -0.385 e. The smallest absolute Gasteiger partial charge is 0.225 e. The second-order valence-electron chi connectivity index (χ2n) is 7.32. The van der Waals surface area contributed by atoms with Crippen LogP contribution in [0.4, 0.5) is 0 Å². The van der Waals surface area contributed by atoms with E-state index in [1.165, 1.54) is 0 Å². The SMILES string of the molecule is Cn1ccnc1CC1CCCN(C(=O)CC(C)(O)c2ccccc2)C1. The fraction of sp³-hybridized carbons (Fsp3) is 0.500. The molecule has 25 heavy (non-hydrogen) atoms. The number of aryl methyl sites for hydroxylation is 1. The molecule has 0 aliphatic carbocycles. The zero-order valence-electron chi connectivity index (χ0n) is 15.1. The average Bonchev–Trinajstić information content (AvgIpc) is 3.00. The van der Waals surface area contributed by atoms with Gasteiger partial charge < -0.3 is 14.6 Å². The normalized spacial score (nSPS) is 20.3. The first kappa shape index (κ1) is 17.7. The zero-order valence-corrected chi connectivity index (χ0v) is 15.1. The number of carbonyl (C=O) groups is 1. The van der Waals surface area contributed by atoms with Gasteiger partial charge in [-0.25, -0.2) is 4.98 Å². The Bertz CT molecular complexity index is 709. The zero-order chi connectivity index (χ0) is 17.9. The van der Waals surface area contributed by atoms with Crippen molar-refractivity contribution in [1.29, 1.82) is 0 Å². The Labute approximate surface area is 149 Å². The van der Waals surface area contributed by atoms with Crippen LogP contribution in [-0.2, 0) is 23.9 Å². The molecule has 134 valence electrons. The molecule has 5 heteroatoms. The minimum atomic E-state index is -1.13. The standard InChI is InChI=1S/C20H27N3O2/c1-20(25,17-8-4-3-5-9-17)14-19(24)23-11-6-7-16(15-23)13-18-21-10-12-22(18)2/h3-5,8-10,12,16,25H,6-7,11,13-15H2,1-2H3. The van der Waals surface area contributed by atoms with Crippen LogP contribution in [0.5, 0.6) is 0 Å². The van der Waals surface area contributed by atoms with Crippen LogP contribution in [0.3, 0.4) is 0 Å². The Balaban J connectivity index is 1.61. The Hall–Kier alpha value is -2.14. The van der Waals surface area contributed by atoms with E-state index < -0.39 is 5.60 Å². The van der Waals surface area contributed by atoms with Gasteiger partial charge in [0.05, 0.1) is 12.0 Å². The van der Waals surface area contributed by atoms with Crippen LogP contribution in [0.15, 0.2) is 42.7 Å². The molecule has 1 N–H and O–H groups in total. The number of hydrogen-bond donors (Lipinski definition) is 1. The summed E-state index contributed by atoms with van der Waals surface area (Å²) < 4.78 is 2.04. The number of imidazole rings is 1. The average molecular weight is 341 g/mol. The van der Waals surface area contributed by atoms with Crippen LogP contribution in [0, 0.1) is 5.92 Å². The first-order valence-corrected chi connectivity index (χ1v) is 8.97. The second-order valence-corrected chi connectivity index (χ2v) is 7.32. The van der Waals surface area contributed by atoms with Gasteiger partial charge in [-0.05, 0) is 31.2 Å². The lowest BCUT2D eigenvalue weighted by atomic mass is 9.90. The van der Waals surface area contributed by atoms with Crippen molar-refractivity contribution in [2.45, 2.75) is 38.2 Å². The Morgan fingerprint density at radius 3 is 2.80 bits per heavy atom. The van der Waals surface area contributed by atoms with Crippen LogP contribution in [-0.4, -0.2) is 38.6 Å². The van der Waals surface area contributed by atoms with Gasteiger partial charge >= 0.3 is 0 Å². The lowest BCUT2D eigenvalue weighted by molar-refractivity contribution is -0.138. The molecule has 2 atom stereocenters. The number of likely N-dealkylation sites (tertiary alicyclic amines) is 1. The number of carbonyl (C=O) groups excluding carboxylic acids is 1. The Morgan fingerprint density at radius 1 is 1.36 bits per heavy atom. The van der Waals surface area contributed by atoms with E-state index in [9.17, 15) is 9.90 Å². The summed E-state index contributed by atoms with van der Waals surface area (Å²) in [6.45, 7) is 3.24. The van der Waals surface area contributed by atoms with Gasteiger partial charge in [0.1, 0.15) is 5.82 Å². The van der Waals surface area contributed by atoms with Crippen LogP contribution >= 0.6 is 0 Å². The van der Waals surface area contributed by atoms with Crippen LogP contribution in [0.2, 0.25) is 0 Å². The molecule has 1 aromatic heterocycles. The summed E-state index contributed by atoms with van der Waals surface area (Å²) in [5.41, 5.74) is -0.352. The molecule has 0 spiro atoms. The maximum atomic E-state index is 12.7. The number of piperidine rings is 1. The lowest BCUT2D eigenvalue weighted by Crippen LogP contribution is -2.43. The van der Waals surface area contributed by atoms with Gasteiger partial charge in [-0.2, -0.15) is 0 Å². The number of aromatic nitrogens is 2. The molecule has 3 rings (SSSR count). The van der Waals surface area contributed by atoms with Crippen molar-refractivity contribution < 1.29 is 9.90 Å². The Morgan fingerprint density at radius 2 is 2.12 bits per heavy atom. The van der Waals surface area contributed by atoms with Gasteiger partial charge in [-0.3, -0.25) is 4.79 Å². The van der Waals surface area contributed by atoms with Crippen molar-refractivity contribution in [2.75, 3.05) is 13.1 Å². The molecule has 1 saturated heterocycles. The molecule has 1 amide bonds. The highest BCUT2D eigenvalue weighted by Gasteiger charge is 2.31.